The van der Waals surface area contributed by atoms with Crippen LogP contribution in [-0.4, -0.2) is 36.5 Å². The van der Waals surface area contributed by atoms with Crippen LogP contribution < -0.4 is 15.8 Å². The molecule has 23 heavy (non-hydrogen) atoms. The summed E-state index contributed by atoms with van der Waals surface area (Å²) in [5.74, 6) is 0.434. The third-order valence-electron chi connectivity index (χ3n) is 3.78. The summed E-state index contributed by atoms with van der Waals surface area (Å²) in [6.45, 7) is 8.58. The minimum absolute atomic E-state index is 0.258. The monoisotopic (exact) mass is 317 g/mol. The number of nitrogens with one attached hydrogen (secondary N) is 1. The van der Waals surface area contributed by atoms with Crippen LogP contribution in [0.4, 0.5) is 4.79 Å². The Morgan fingerprint density at radius 2 is 2.00 bits per heavy atom. The zero-order chi connectivity index (χ0) is 17.0. The molecule has 1 fully saturated rings. The summed E-state index contributed by atoms with van der Waals surface area (Å²) in [6, 6.07) is 6.77. The van der Waals surface area contributed by atoms with Gasteiger partial charge in [-0.25, -0.2) is 4.79 Å². The molecule has 1 heterocycles. The average molecular weight is 317 g/mol. The van der Waals surface area contributed by atoms with Crippen molar-refractivity contribution in [1.29, 1.82) is 0 Å². The van der Waals surface area contributed by atoms with Crippen LogP contribution in [0.5, 0.6) is 5.75 Å². The fourth-order valence-electron chi connectivity index (χ4n) is 2.44. The highest BCUT2D eigenvalue weighted by Crippen LogP contribution is 2.30. The van der Waals surface area contributed by atoms with E-state index in [0.29, 0.717) is 37.4 Å². The number of hydrogen-bond donors (Lipinski definition) is 2. The van der Waals surface area contributed by atoms with Gasteiger partial charge >= 0.3 is 6.03 Å². The molecular weight excluding hydrogens is 294 g/mol. The molecule has 3 N–H and O–H groups in total. The van der Waals surface area contributed by atoms with E-state index in [2.05, 4.69) is 11.9 Å². The number of ether oxygens (including phenoxy) is 1. The lowest BCUT2D eigenvalue weighted by Gasteiger charge is -2.22. The van der Waals surface area contributed by atoms with Crippen LogP contribution in [0.3, 0.4) is 0 Å². The number of hydrogen-bond acceptors (Lipinski definition) is 4. The Bertz CT molecular complexity index is 612. The van der Waals surface area contributed by atoms with Crippen LogP contribution in [-0.2, 0) is 10.3 Å². The second kappa shape index (κ2) is 6.83. The van der Waals surface area contributed by atoms with Gasteiger partial charge in [-0.15, -0.1) is 0 Å². The van der Waals surface area contributed by atoms with Crippen LogP contribution in [0.25, 0.3) is 0 Å². The van der Waals surface area contributed by atoms with E-state index in [1.807, 2.05) is 6.92 Å². The Morgan fingerprint density at radius 3 is 2.57 bits per heavy atom. The van der Waals surface area contributed by atoms with Crippen LogP contribution in [0.1, 0.15) is 25.8 Å². The quantitative estimate of drug-likeness (QED) is 0.593. The molecular formula is C17H23N3O3. The molecule has 0 saturated carbocycles. The second-order valence-electron chi connectivity index (χ2n) is 5.92. The van der Waals surface area contributed by atoms with Gasteiger partial charge in [0, 0.05) is 6.54 Å². The first-order valence-corrected chi connectivity index (χ1v) is 7.60. The molecule has 1 aromatic carbocycles. The Hall–Kier alpha value is -2.34. The molecule has 1 aromatic rings. The molecule has 1 aliphatic heterocycles. The highest BCUT2D eigenvalue weighted by atomic mass is 16.5. The van der Waals surface area contributed by atoms with Crippen molar-refractivity contribution in [3.05, 3.63) is 42.0 Å². The predicted octanol–water partition coefficient (Wildman–Crippen LogP) is 1.76. The van der Waals surface area contributed by atoms with E-state index < -0.39 is 5.54 Å². The molecule has 0 radical (unpaired) electrons. The third kappa shape index (κ3) is 3.53. The summed E-state index contributed by atoms with van der Waals surface area (Å²) >= 11 is 0. The number of urea groups is 1. The van der Waals surface area contributed by atoms with E-state index in [9.17, 15) is 9.59 Å². The molecule has 124 valence electrons. The zero-order valence-corrected chi connectivity index (χ0v) is 13.6. The molecule has 1 aliphatic rings. The number of imide groups is 1. The highest BCUT2D eigenvalue weighted by molar-refractivity contribution is 6.07. The van der Waals surface area contributed by atoms with Crippen molar-refractivity contribution in [2.45, 2.75) is 25.8 Å². The molecule has 3 amide bonds. The van der Waals surface area contributed by atoms with Gasteiger partial charge in [0.05, 0.1) is 0 Å². The minimum atomic E-state index is -1.06. The van der Waals surface area contributed by atoms with Crippen LogP contribution in [0.2, 0.25) is 0 Å². The zero-order valence-electron chi connectivity index (χ0n) is 13.6. The van der Waals surface area contributed by atoms with E-state index >= 15 is 0 Å². The normalized spacial score (nSPS) is 20.6. The maximum absolute atomic E-state index is 12.6. The van der Waals surface area contributed by atoms with Crippen molar-refractivity contribution in [2.24, 2.45) is 5.73 Å². The smallest absolute Gasteiger partial charge is 0.325 e. The molecule has 1 atom stereocenters. The van der Waals surface area contributed by atoms with Crippen molar-refractivity contribution in [3.8, 4) is 5.75 Å². The van der Waals surface area contributed by atoms with E-state index in [1.54, 1.807) is 31.2 Å². The Morgan fingerprint density at radius 1 is 1.35 bits per heavy atom. The number of carbonyl (C=O) groups is 2. The number of nitrogens with zero attached hydrogens (tertiary/aromatic N) is 1. The SMILES string of the molecule is C=C(C)COc1ccc(C2(C)NC(=O)N(CCCN)C2=O)cc1. The molecule has 6 heteroatoms. The average Bonchev–Trinajstić information content (AvgIpc) is 2.74. The lowest BCUT2D eigenvalue weighted by atomic mass is 9.92. The number of benzene rings is 1. The number of amides is 3. The maximum Gasteiger partial charge on any atom is 0.325 e. The largest absolute Gasteiger partial charge is 0.489 e. The summed E-state index contributed by atoms with van der Waals surface area (Å²) in [7, 11) is 0. The lowest BCUT2D eigenvalue weighted by molar-refractivity contribution is -0.131. The summed E-state index contributed by atoms with van der Waals surface area (Å²) in [5.41, 5.74) is 6.04. The first-order chi connectivity index (χ1) is 10.9. The molecule has 6 nitrogen and oxygen atoms in total. The van der Waals surface area contributed by atoms with Gasteiger partial charge in [-0.05, 0) is 50.1 Å². The van der Waals surface area contributed by atoms with E-state index in [4.69, 9.17) is 10.5 Å². The van der Waals surface area contributed by atoms with Gasteiger partial charge < -0.3 is 15.8 Å². The predicted molar refractivity (Wildman–Crippen MR) is 88.0 cm³/mol. The van der Waals surface area contributed by atoms with E-state index in [1.165, 1.54) is 4.90 Å². The Kier molecular flexibility index (Phi) is 5.05. The maximum atomic E-state index is 12.6. The first-order valence-electron chi connectivity index (χ1n) is 7.60. The van der Waals surface area contributed by atoms with Crippen LogP contribution in [0.15, 0.2) is 36.4 Å². The van der Waals surface area contributed by atoms with Crippen molar-refractivity contribution in [2.75, 3.05) is 19.7 Å². The van der Waals surface area contributed by atoms with Crippen molar-refractivity contribution < 1.29 is 14.3 Å². The van der Waals surface area contributed by atoms with Crippen LogP contribution >= 0.6 is 0 Å². The van der Waals surface area contributed by atoms with E-state index in [0.717, 1.165) is 5.57 Å². The standard InChI is InChI=1S/C17H23N3O3/c1-12(2)11-23-14-7-5-13(6-8-14)17(3)15(21)20(10-4-9-18)16(22)19-17/h5-8H,1,4,9-11,18H2,2-3H3,(H,19,22). The summed E-state index contributed by atoms with van der Waals surface area (Å²) in [4.78, 5) is 25.9. The van der Waals surface area contributed by atoms with Crippen molar-refractivity contribution >= 4 is 11.9 Å². The van der Waals surface area contributed by atoms with Gasteiger partial charge in [-0.2, -0.15) is 0 Å². The summed E-state index contributed by atoms with van der Waals surface area (Å²) in [5, 5.41) is 2.77. The lowest BCUT2D eigenvalue weighted by Crippen LogP contribution is -2.41. The number of rotatable bonds is 7. The highest BCUT2D eigenvalue weighted by Gasteiger charge is 2.48. The third-order valence-corrected chi connectivity index (χ3v) is 3.78. The minimum Gasteiger partial charge on any atom is -0.489 e. The molecule has 2 rings (SSSR count). The van der Waals surface area contributed by atoms with Gasteiger partial charge in [0.1, 0.15) is 17.9 Å². The fourth-order valence-corrected chi connectivity index (χ4v) is 2.44. The second-order valence-corrected chi connectivity index (χ2v) is 5.92. The first kappa shape index (κ1) is 17.0. The van der Waals surface area contributed by atoms with Gasteiger partial charge in [0.25, 0.3) is 5.91 Å². The molecule has 1 unspecified atom stereocenters. The molecule has 0 bridgehead atoms. The summed E-state index contributed by atoms with van der Waals surface area (Å²) in [6.07, 6.45) is 0.586. The molecule has 1 saturated heterocycles. The van der Waals surface area contributed by atoms with Gasteiger partial charge in [-0.3, -0.25) is 9.69 Å². The fraction of sp³-hybridized carbons (Fsp3) is 0.412. The number of carbonyl (C=O) groups excluding carboxylic acids is 2. The topological polar surface area (TPSA) is 84.7 Å². The Labute approximate surface area is 136 Å². The van der Waals surface area contributed by atoms with Gasteiger partial charge in [0.15, 0.2) is 0 Å². The van der Waals surface area contributed by atoms with Crippen molar-refractivity contribution in [3.63, 3.8) is 0 Å². The molecule has 0 aromatic heterocycles. The van der Waals surface area contributed by atoms with E-state index in [-0.39, 0.29) is 11.9 Å². The summed E-state index contributed by atoms with van der Waals surface area (Å²) < 4.78 is 5.54. The van der Waals surface area contributed by atoms with Crippen molar-refractivity contribution in [1.82, 2.24) is 10.2 Å². The van der Waals surface area contributed by atoms with Crippen LogP contribution in [0, 0.1) is 0 Å². The Balaban J connectivity index is 2.15. The molecule has 0 aliphatic carbocycles. The molecule has 0 spiro atoms. The number of nitrogens with two attached hydrogens (primary N) is 1. The van der Waals surface area contributed by atoms with Gasteiger partial charge in [0.2, 0.25) is 0 Å². The van der Waals surface area contributed by atoms with Gasteiger partial charge in [-0.1, -0.05) is 18.7 Å².